The van der Waals surface area contributed by atoms with Crippen molar-refractivity contribution in [2.45, 2.75) is 43.5 Å². The zero-order chi connectivity index (χ0) is 22.3. The fourth-order valence-electron chi connectivity index (χ4n) is 3.75. The number of nitrogens with one attached hydrogen (secondary N) is 2. The molecule has 2 N–H and O–H groups in total. The lowest BCUT2D eigenvalue weighted by Crippen LogP contribution is -2.40. The largest absolute Gasteiger partial charge is 0.497 e. The molecule has 3 rings (SSSR count). The number of hydrogen-bond acceptors (Lipinski definition) is 5. The van der Waals surface area contributed by atoms with Crippen LogP contribution in [0.3, 0.4) is 0 Å². The second-order valence-corrected chi connectivity index (χ2v) is 9.43. The molecular weight excluding hydrogens is 414 g/mol. The van der Waals surface area contributed by atoms with Gasteiger partial charge in [-0.25, -0.2) is 13.1 Å². The van der Waals surface area contributed by atoms with Crippen LogP contribution in [0, 0.1) is 0 Å². The van der Waals surface area contributed by atoms with E-state index in [1.165, 1.54) is 18.6 Å². The molecule has 1 aliphatic heterocycles. The van der Waals surface area contributed by atoms with E-state index in [2.05, 4.69) is 14.9 Å². The van der Waals surface area contributed by atoms with E-state index in [1.807, 2.05) is 24.3 Å². The predicted molar refractivity (Wildman–Crippen MR) is 122 cm³/mol. The summed E-state index contributed by atoms with van der Waals surface area (Å²) >= 11 is 0. The molecule has 0 spiro atoms. The third kappa shape index (κ3) is 6.29. The molecule has 1 unspecified atom stereocenters. The quantitative estimate of drug-likeness (QED) is 0.616. The molecule has 8 heteroatoms. The maximum absolute atomic E-state index is 12.9. The SMILES string of the molecule is CCC(=O)Nc1ccc(S(=O)(=O)NCC(c2ccc(OC)cc2)N2CCCCC2)cc1. The van der Waals surface area contributed by atoms with Crippen LogP contribution < -0.4 is 14.8 Å². The smallest absolute Gasteiger partial charge is 0.240 e. The number of methoxy groups -OCH3 is 1. The van der Waals surface area contributed by atoms with Crippen LogP contribution >= 0.6 is 0 Å². The Morgan fingerprint density at radius 1 is 1.03 bits per heavy atom. The lowest BCUT2D eigenvalue weighted by atomic mass is 10.0. The molecule has 2 aromatic carbocycles. The van der Waals surface area contributed by atoms with Crippen molar-refractivity contribution in [3.63, 3.8) is 0 Å². The minimum absolute atomic E-state index is 0.0518. The van der Waals surface area contributed by atoms with E-state index in [0.29, 0.717) is 12.1 Å². The van der Waals surface area contributed by atoms with Crippen LogP contribution in [0.2, 0.25) is 0 Å². The average Bonchev–Trinajstić information content (AvgIpc) is 2.80. The Kier molecular flexibility index (Phi) is 8.06. The summed E-state index contributed by atoms with van der Waals surface area (Å²) in [5.41, 5.74) is 1.64. The van der Waals surface area contributed by atoms with E-state index in [1.54, 1.807) is 26.2 Å². The van der Waals surface area contributed by atoms with Crippen LogP contribution in [0.5, 0.6) is 5.75 Å². The summed E-state index contributed by atoms with van der Waals surface area (Å²) in [6.07, 6.45) is 3.80. The molecule has 7 nitrogen and oxygen atoms in total. The first-order valence-corrected chi connectivity index (χ1v) is 12.2. The van der Waals surface area contributed by atoms with Crippen LogP contribution in [-0.4, -0.2) is 46.0 Å². The Balaban J connectivity index is 1.73. The average molecular weight is 446 g/mol. The van der Waals surface area contributed by atoms with Gasteiger partial charge in [0, 0.05) is 24.7 Å². The van der Waals surface area contributed by atoms with Gasteiger partial charge in [-0.3, -0.25) is 9.69 Å². The number of carbonyl (C=O) groups is 1. The number of ether oxygens (including phenoxy) is 1. The number of sulfonamides is 1. The molecular formula is C23H31N3O4S. The number of piperidine rings is 1. The summed E-state index contributed by atoms with van der Waals surface area (Å²) < 4.78 is 33.8. The third-order valence-electron chi connectivity index (χ3n) is 5.57. The van der Waals surface area contributed by atoms with Gasteiger partial charge >= 0.3 is 0 Å². The molecule has 2 aromatic rings. The summed E-state index contributed by atoms with van der Waals surface area (Å²) in [7, 11) is -2.05. The van der Waals surface area contributed by atoms with Crippen molar-refractivity contribution in [2.75, 3.05) is 32.1 Å². The number of likely N-dealkylation sites (tertiary alicyclic amines) is 1. The number of hydrogen-bond donors (Lipinski definition) is 2. The number of benzene rings is 2. The normalized spacial score (nSPS) is 15.9. The van der Waals surface area contributed by atoms with Gasteiger partial charge in [0.2, 0.25) is 15.9 Å². The van der Waals surface area contributed by atoms with Gasteiger partial charge in [-0.05, 0) is 67.9 Å². The monoisotopic (exact) mass is 445 g/mol. The van der Waals surface area contributed by atoms with Gasteiger partial charge in [-0.2, -0.15) is 0 Å². The van der Waals surface area contributed by atoms with Crippen molar-refractivity contribution in [3.05, 3.63) is 54.1 Å². The zero-order valence-corrected chi connectivity index (χ0v) is 19.0. The van der Waals surface area contributed by atoms with Gasteiger partial charge in [-0.1, -0.05) is 25.5 Å². The van der Waals surface area contributed by atoms with Crippen molar-refractivity contribution in [1.29, 1.82) is 0 Å². The molecule has 1 heterocycles. The fourth-order valence-corrected chi connectivity index (χ4v) is 4.79. The maximum Gasteiger partial charge on any atom is 0.240 e. The van der Waals surface area contributed by atoms with Gasteiger partial charge in [0.15, 0.2) is 0 Å². The molecule has 1 aliphatic rings. The molecule has 1 amide bonds. The van der Waals surface area contributed by atoms with Crippen LogP contribution in [0.25, 0.3) is 0 Å². The number of amides is 1. The first kappa shape index (κ1) is 23.2. The molecule has 168 valence electrons. The van der Waals surface area contributed by atoms with Crippen molar-refractivity contribution in [2.24, 2.45) is 0 Å². The maximum atomic E-state index is 12.9. The minimum Gasteiger partial charge on any atom is -0.497 e. The van der Waals surface area contributed by atoms with E-state index in [-0.39, 0.29) is 23.4 Å². The van der Waals surface area contributed by atoms with Crippen molar-refractivity contribution < 1.29 is 17.9 Å². The summed E-state index contributed by atoms with van der Waals surface area (Å²) in [6, 6.07) is 14.0. The zero-order valence-electron chi connectivity index (χ0n) is 18.1. The Morgan fingerprint density at radius 3 is 2.26 bits per heavy atom. The van der Waals surface area contributed by atoms with Crippen LogP contribution in [0.4, 0.5) is 5.69 Å². The summed E-state index contributed by atoms with van der Waals surface area (Å²) in [6.45, 7) is 3.94. The molecule has 1 fully saturated rings. The van der Waals surface area contributed by atoms with E-state index >= 15 is 0 Å². The van der Waals surface area contributed by atoms with E-state index in [4.69, 9.17) is 4.74 Å². The number of anilines is 1. The highest BCUT2D eigenvalue weighted by molar-refractivity contribution is 7.89. The first-order valence-electron chi connectivity index (χ1n) is 10.7. The molecule has 0 bridgehead atoms. The van der Waals surface area contributed by atoms with Gasteiger partial charge in [0.05, 0.1) is 12.0 Å². The fraction of sp³-hybridized carbons (Fsp3) is 0.435. The third-order valence-corrected chi connectivity index (χ3v) is 7.01. The predicted octanol–water partition coefficient (Wildman–Crippen LogP) is 3.55. The lowest BCUT2D eigenvalue weighted by molar-refractivity contribution is -0.115. The summed E-state index contributed by atoms with van der Waals surface area (Å²) in [4.78, 5) is 14.0. The molecule has 0 aliphatic carbocycles. The molecule has 0 aromatic heterocycles. The highest BCUT2D eigenvalue weighted by Crippen LogP contribution is 2.26. The van der Waals surface area contributed by atoms with Crippen LogP contribution in [-0.2, 0) is 14.8 Å². The highest BCUT2D eigenvalue weighted by Gasteiger charge is 2.25. The van der Waals surface area contributed by atoms with Gasteiger partial charge in [-0.15, -0.1) is 0 Å². The Bertz CT molecular complexity index is 953. The summed E-state index contributed by atoms with van der Waals surface area (Å²) in [5.74, 6) is 0.662. The van der Waals surface area contributed by atoms with Gasteiger partial charge in [0.25, 0.3) is 0 Å². The van der Waals surface area contributed by atoms with E-state index < -0.39 is 10.0 Å². The van der Waals surface area contributed by atoms with Gasteiger partial charge in [0.1, 0.15) is 5.75 Å². The standard InChI is InChI=1S/C23H31N3O4S/c1-3-23(27)25-19-9-13-21(14-10-19)31(28,29)24-17-22(26-15-5-4-6-16-26)18-7-11-20(30-2)12-8-18/h7-14,22,24H,3-6,15-17H2,1-2H3,(H,25,27). The molecule has 0 radical (unpaired) electrons. The van der Waals surface area contributed by atoms with Crippen molar-refractivity contribution >= 4 is 21.6 Å². The minimum atomic E-state index is -3.68. The second kappa shape index (κ2) is 10.7. The molecule has 31 heavy (non-hydrogen) atoms. The Labute approximate surface area is 184 Å². The van der Waals surface area contributed by atoms with Crippen molar-refractivity contribution in [1.82, 2.24) is 9.62 Å². The molecule has 1 atom stereocenters. The highest BCUT2D eigenvalue weighted by atomic mass is 32.2. The van der Waals surface area contributed by atoms with Crippen LogP contribution in [0.15, 0.2) is 53.4 Å². The number of rotatable bonds is 9. The topological polar surface area (TPSA) is 87.7 Å². The first-order chi connectivity index (χ1) is 14.9. The van der Waals surface area contributed by atoms with Gasteiger partial charge < -0.3 is 10.1 Å². The molecule has 0 saturated carbocycles. The second-order valence-electron chi connectivity index (χ2n) is 7.66. The van der Waals surface area contributed by atoms with E-state index in [9.17, 15) is 13.2 Å². The number of carbonyl (C=O) groups excluding carboxylic acids is 1. The molecule has 1 saturated heterocycles. The lowest BCUT2D eigenvalue weighted by Gasteiger charge is -2.35. The van der Waals surface area contributed by atoms with Crippen LogP contribution in [0.1, 0.15) is 44.2 Å². The van der Waals surface area contributed by atoms with Crippen molar-refractivity contribution in [3.8, 4) is 5.75 Å². The Morgan fingerprint density at radius 2 is 1.68 bits per heavy atom. The summed E-state index contributed by atoms with van der Waals surface area (Å²) in [5, 5.41) is 2.72. The number of nitrogens with zero attached hydrogens (tertiary/aromatic N) is 1. The van der Waals surface area contributed by atoms with E-state index in [0.717, 1.165) is 37.2 Å². The Hall–Kier alpha value is -2.42.